The van der Waals surface area contributed by atoms with Crippen LogP contribution in [0.4, 0.5) is 5.69 Å². The van der Waals surface area contributed by atoms with Gasteiger partial charge in [0.15, 0.2) is 0 Å². The lowest BCUT2D eigenvalue weighted by atomic mass is 10.2. The molecule has 3 heteroatoms. The summed E-state index contributed by atoms with van der Waals surface area (Å²) >= 11 is 5.77. The normalized spacial score (nSPS) is 14.6. The van der Waals surface area contributed by atoms with Gasteiger partial charge in [0.05, 0.1) is 5.69 Å². The molecule has 0 aromatic heterocycles. The Morgan fingerprint density at radius 1 is 1.45 bits per heavy atom. The van der Waals surface area contributed by atoms with Crippen LogP contribution in [0, 0.1) is 0 Å². The van der Waals surface area contributed by atoms with Gasteiger partial charge >= 0.3 is 0 Å². The molecule has 0 spiro atoms. The Balaban J connectivity index is 2.43. The predicted molar refractivity (Wildman–Crippen MR) is 45.4 cm³/mol. The van der Waals surface area contributed by atoms with Crippen molar-refractivity contribution in [3.63, 3.8) is 0 Å². The van der Waals surface area contributed by atoms with E-state index in [4.69, 9.17) is 16.3 Å². The van der Waals surface area contributed by atoms with Crippen LogP contribution >= 0.6 is 11.6 Å². The summed E-state index contributed by atoms with van der Waals surface area (Å²) < 4.78 is 5.36. The second-order valence-corrected chi connectivity index (χ2v) is 2.85. The number of benzene rings is 1. The quantitative estimate of drug-likeness (QED) is 0.643. The second-order valence-electron chi connectivity index (χ2n) is 2.42. The van der Waals surface area contributed by atoms with Gasteiger partial charge in [-0.05, 0) is 12.1 Å². The summed E-state index contributed by atoms with van der Waals surface area (Å²) in [7, 11) is 0. The van der Waals surface area contributed by atoms with Gasteiger partial charge in [-0.2, -0.15) is 0 Å². The molecule has 0 fully saturated rings. The van der Waals surface area contributed by atoms with Crippen LogP contribution in [-0.2, 0) is 0 Å². The molecule has 0 bridgehead atoms. The first-order valence-corrected chi connectivity index (χ1v) is 3.90. The van der Waals surface area contributed by atoms with E-state index in [2.05, 4.69) is 5.32 Å². The zero-order valence-corrected chi connectivity index (χ0v) is 6.69. The van der Waals surface area contributed by atoms with Crippen LogP contribution in [0.5, 0.6) is 5.75 Å². The number of ether oxygens (including phenoxy) is 1. The number of nitrogens with one attached hydrogen (secondary N) is 1. The topological polar surface area (TPSA) is 21.3 Å². The molecule has 1 heterocycles. The molecule has 1 aliphatic rings. The minimum atomic E-state index is 0.715. The summed E-state index contributed by atoms with van der Waals surface area (Å²) in [5, 5.41) is 3.92. The maximum Gasteiger partial charge on any atom is 0.143 e. The van der Waals surface area contributed by atoms with Crippen molar-refractivity contribution in [3.05, 3.63) is 23.2 Å². The van der Waals surface area contributed by atoms with E-state index >= 15 is 0 Å². The monoisotopic (exact) mass is 169 g/mol. The van der Waals surface area contributed by atoms with E-state index < -0.39 is 0 Å². The number of fused-ring (bicyclic) bond motifs is 1. The SMILES string of the molecule is Clc1ccc2c(c1)OCCN2. The molecule has 0 atom stereocenters. The van der Waals surface area contributed by atoms with Gasteiger partial charge in [-0.15, -0.1) is 0 Å². The van der Waals surface area contributed by atoms with Crippen LogP contribution in [0.15, 0.2) is 18.2 Å². The fourth-order valence-electron chi connectivity index (χ4n) is 1.11. The second kappa shape index (κ2) is 2.62. The molecule has 2 rings (SSSR count). The third-order valence-electron chi connectivity index (χ3n) is 1.62. The van der Waals surface area contributed by atoms with E-state index in [0.717, 1.165) is 18.0 Å². The average Bonchev–Trinajstić information content (AvgIpc) is 2.04. The molecular formula is C8H8ClNO. The van der Waals surface area contributed by atoms with Crippen LogP contribution in [0.25, 0.3) is 0 Å². The van der Waals surface area contributed by atoms with E-state index in [1.165, 1.54) is 0 Å². The van der Waals surface area contributed by atoms with Crippen molar-refractivity contribution in [3.8, 4) is 5.75 Å². The highest BCUT2D eigenvalue weighted by atomic mass is 35.5. The van der Waals surface area contributed by atoms with E-state index in [1.807, 2.05) is 18.2 Å². The molecule has 1 aliphatic heterocycles. The van der Waals surface area contributed by atoms with Gasteiger partial charge in [0, 0.05) is 17.6 Å². The Morgan fingerprint density at radius 2 is 2.36 bits per heavy atom. The van der Waals surface area contributed by atoms with Crippen LogP contribution in [0.1, 0.15) is 0 Å². The fourth-order valence-corrected chi connectivity index (χ4v) is 1.27. The predicted octanol–water partition coefficient (Wildman–Crippen LogP) is 2.14. The van der Waals surface area contributed by atoms with Crippen molar-refractivity contribution in [1.29, 1.82) is 0 Å². The molecule has 0 radical (unpaired) electrons. The zero-order valence-electron chi connectivity index (χ0n) is 5.93. The van der Waals surface area contributed by atoms with Crippen LogP contribution in [0.2, 0.25) is 5.02 Å². The number of rotatable bonds is 0. The highest BCUT2D eigenvalue weighted by Gasteiger charge is 2.08. The smallest absolute Gasteiger partial charge is 0.143 e. The first-order chi connectivity index (χ1) is 5.36. The molecule has 0 saturated carbocycles. The molecule has 1 N–H and O–H groups in total. The largest absolute Gasteiger partial charge is 0.490 e. The zero-order chi connectivity index (χ0) is 7.68. The van der Waals surface area contributed by atoms with Gasteiger partial charge in [-0.25, -0.2) is 0 Å². The van der Waals surface area contributed by atoms with Gasteiger partial charge in [0.2, 0.25) is 0 Å². The Morgan fingerprint density at radius 3 is 3.27 bits per heavy atom. The molecule has 1 aromatic carbocycles. The number of anilines is 1. The van der Waals surface area contributed by atoms with Crippen LogP contribution < -0.4 is 10.1 Å². The molecule has 2 nitrogen and oxygen atoms in total. The number of hydrogen-bond acceptors (Lipinski definition) is 2. The minimum absolute atomic E-state index is 0.715. The molecule has 0 aliphatic carbocycles. The molecule has 0 unspecified atom stereocenters. The van der Waals surface area contributed by atoms with E-state index in [1.54, 1.807) is 0 Å². The lowest BCUT2D eigenvalue weighted by Gasteiger charge is -2.18. The molecular weight excluding hydrogens is 162 g/mol. The third kappa shape index (κ3) is 1.26. The summed E-state index contributed by atoms with van der Waals surface area (Å²) in [6, 6.07) is 5.60. The van der Waals surface area contributed by atoms with Gasteiger partial charge in [0.1, 0.15) is 12.4 Å². The highest BCUT2D eigenvalue weighted by Crippen LogP contribution is 2.29. The maximum absolute atomic E-state index is 5.77. The molecule has 0 amide bonds. The lowest BCUT2D eigenvalue weighted by Crippen LogP contribution is -2.17. The summed E-state index contributed by atoms with van der Waals surface area (Å²) in [5.41, 5.74) is 1.03. The van der Waals surface area contributed by atoms with Crippen molar-refractivity contribution in [2.45, 2.75) is 0 Å². The highest BCUT2D eigenvalue weighted by molar-refractivity contribution is 6.30. The lowest BCUT2D eigenvalue weighted by molar-refractivity contribution is 0.323. The fraction of sp³-hybridized carbons (Fsp3) is 0.250. The molecule has 0 saturated heterocycles. The Hall–Kier alpha value is -0.890. The van der Waals surface area contributed by atoms with Crippen molar-refractivity contribution in [2.75, 3.05) is 18.5 Å². The average molecular weight is 170 g/mol. The summed E-state index contributed by atoms with van der Waals surface area (Å²) in [5.74, 6) is 0.851. The summed E-state index contributed by atoms with van der Waals surface area (Å²) in [6.45, 7) is 1.59. The summed E-state index contributed by atoms with van der Waals surface area (Å²) in [6.07, 6.45) is 0. The van der Waals surface area contributed by atoms with Gasteiger partial charge in [-0.3, -0.25) is 0 Å². The number of halogens is 1. The van der Waals surface area contributed by atoms with E-state index in [9.17, 15) is 0 Å². The van der Waals surface area contributed by atoms with Gasteiger partial charge < -0.3 is 10.1 Å². The van der Waals surface area contributed by atoms with Crippen LogP contribution in [-0.4, -0.2) is 13.2 Å². The third-order valence-corrected chi connectivity index (χ3v) is 1.85. The Labute approximate surface area is 70.1 Å². The molecule has 11 heavy (non-hydrogen) atoms. The van der Waals surface area contributed by atoms with Gasteiger partial charge in [0.25, 0.3) is 0 Å². The number of hydrogen-bond donors (Lipinski definition) is 1. The Bertz CT molecular complexity index is 275. The van der Waals surface area contributed by atoms with Crippen molar-refractivity contribution < 1.29 is 4.74 Å². The molecule has 58 valence electrons. The minimum Gasteiger partial charge on any atom is -0.490 e. The first kappa shape index (κ1) is 6.80. The maximum atomic E-state index is 5.77. The van der Waals surface area contributed by atoms with Crippen LogP contribution in [0.3, 0.4) is 0 Å². The van der Waals surface area contributed by atoms with E-state index in [0.29, 0.717) is 11.6 Å². The van der Waals surface area contributed by atoms with Crippen molar-refractivity contribution in [2.24, 2.45) is 0 Å². The van der Waals surface area contributed by atoms with Crippen molar-refractivity contribution in [1.82, 2.24) is 0 Å². The summed E-state index contributed by atoms with van der Waals surface area (Å²) in [4.78, 5) is 0. The standard InChI is InChI=1S/C8H8ClNO/c9-6-1-2-7-8(5-6)11-4-3-10-7/h1-2,5,10H,3-4H2. The van der Waals surface area contributed by atoms with E-state index in [-0.39, 0.29) is 0 Å². The van der Waals surface area contributed by atoms with Gasteiger partial charge in [-0.1, -0.05) is 11.6 Å². The first-order valence-electron chi connectivity index (χ1n) is 3.52. The van der Waals surface area contributed by atoms with Crippen molar-refractivity contribution >= 4 is 17.3 Å². The molecule has 1 aromatic rings. The Kier molecular flexibility index (Phi) is 1.62.